The zero-order valence-corrected chi connectivity index (χ0v) is 60.4. The number of furan rings is 2. The number of rotatable bonds is 14. The van der Waals surface area contributed by atoms with Crippen molar-refractivity contribution in [3.05, 3.63) is 388 Å². The van der Waals surface area contributed by atoms with Gasteiger partial charge in [-0.3, -0.25) is 0 Å². The van der Waals surface area contributed by atoms with E-state index in [1.807, 2.05) is 42.5 Å². The number of hydrogen-bond donors (Lipinski definition) is 0. The van der Waals surface area contributed by atoms with Crippen molar-refractivity contribution in [1.82, 2.24) is 9.97 Å². The van der Waals surface area contributed by atoms with Crippen LogP contribution in [0.25, 0.3) is 188 Å². The van der Waals surface area contributed by atoms with Crippen LogP contribution >= 0.6 is 0 Å². The van der Waals surface area contributed by atoms with Crippen molar-refractivity contribution >= 4 is 133 Å². The summed E-state index contributed by atoms with van der Waals surface area (Å²) < 4.78 is 26.2. The number of para-hydroxylation sites is 1. The van der Waals surface area contributed by atoms with Gasteiger partial charge in [-0.05, 0) is 221 Å². The fourth-order valence-electron chi connectivity index (χ4n) is 16.6. The predicted molar refractivity (Wildman–Crippen MR) is 462 cm³/mol. The molecule has 0 unspecified atom stereocenters. The van der Waals surface area contributed by atoms with E-state index in [1.165, 1.54) is 43.8 Å². The summed E-state index contributed by atoms with van der Waals surface area (Å²) in [5, 5.41) is 11.0. The number of anilines is 6. The molecular formula is C104H64N4O4. The molecule has 8 nitrogen and oxygen atoms in total. The third-order valence-corrected chi connectivity index (χ3v) is 22.1. The van der Waals surface area contributed by atoms with E-state index in [9.17, 15) is 0 Å². The second-order valence-electron chi connectivity index (χ2n) is 28.8. The van der Waals surface area contributed by atoms with Gasteiger partial charge in [0.25, 0.3) is 0 Å². The van der Waals surface area contributed by atoms with Crippen molar-refractivity contribution in [2.24, 2.45) is 0 Å². The standard InChI is InChI=1S/C104H64N4O4/c1-4-18-67(19-5-1)85-52-53-86(89-31-13-12-30-88(85)89)71-42-48-80(49-43-71)108(96-33-15-14-29-87(96)69-20-6-2-7-21-69)82-51-55-98-91(60-82)93-62-95-102(64-100(93)110-98)112-104(106-95)76-27-16-26-73(56-76)75-37-35-66-34-36-74(57-77(66)58-75)65-38-44-78(45-39-65)107(79-46-40-70(41-47-79)84-32-17-25-68-22-10-11-28-83(68)84)81-50-54-97-90(59-81)92-61-94-101(63-99(92)109-97)111-103(105-94)72-23-8-3-9-24-72/h1-64H. The van der Waals surface area contributed by atoms with Crippen LogP contribution in [-0.2, 0) is 0 Å². The molecule has 18 aromatic carbocycles. The fraction of sp³-hybridized carbons (Fsp3) is 0. The summed E-state index contributed by atoms with van der Waals surface area (Å²) in [5.41, 5.74) is 27.5. The van der Waals surface area contributed by atoms with Gasteiger partial charge < -0.3 is 27.5 Å². The van der Waals surface area contributed by atoms with E-state index >= 15 is 0 Å². The van der Waals surface area contributed by atoms with Gasteiger partial charge in [-0.2, -0.15) is 0 Å². The van der Waals surface area contributed by atoms with Gasteiger partial charge in [-0.15, -0.1) is 0 Å². The highest BCUT2D eigenvalue weighted by Crippen LogP contribution is 2.47. The minimum absolute atomic E-state index is 0.534. The minimum atomic E-state index is 0.534. The van der Waals surface area contributed by atoms with E-state index in [4.69, 9.17) is 27.6 Å². The molecule has 0 N–H and O–H groups in total. The van der Waals surface area contributed by atoms with Crippen LogP contribution in [0, 0.1) is 0 Å². The van der Waals surface area contributed by atoms with Gasteiger partial charge in [0.1, 0.15) is 33.4 Å². The van der Waals surface area contributed by atoms with Gasteiger partial charge in [0, 0.05) is 78.8 Å². The molecule has 112 heavy (non-hydrogen) atoms. The molecule has 0 amide bonds. The Morgan fingerprint density at radius 1 is 0.179 bits per heavy atom. The Kier molecular flexibility index (Phi) is 15.1. The summed E-state index contributed by atoms with van der Waals surface area (Å²) in [6.45, 7) is 0. The first-order chi connectivity index (χ1) is 55.4. The first kappa shape index (κ1) is 64.1. The lowest BCUT2D eigenvalue weighted by molar-refractivity contribution is 0.617. The normalized spacial score (nSPS) is 11.8. The molecule has 0 bridgehead atoms. The van der Waals surface area contributed by atoms with Crippen LogP contribution in [0.15, 0.2) is 406 Å². The zero-order chi connectivity index (χ0) is 73.7. The monoisotopic (exact) mass is 1430 g/mol. The van der Waals surface area contributed by atoms with Gasteiger partial charge in [-0.25, -0.2) is 9.97 Å². The Balaban J connectivity index is 0.570. The van der Waals surface area contributed by atoms with E-state index in [1.54, 1.807) is 0 Å². The third-order valence-electron chi connectivity index (χ3n) is 22.1. The molecule has 0 aliphatic carbocycles. The summed E-state index contributed by atoms with van der Waals surface area (Å²) in [7, 11) is 0. The summed E-state index contributed by atoms with van der Waals surface area (Å²) in [6.07, 6.45) is 0. The largest absolute Gasteiger partial charge is 0.456 e. The molecule has 0 spiro atoms. The molecule has 0 atom stereocenters. The van der Waals surface area contributed by atoms with E-state index in [0.717, 1.165) is 155 Å². The summed E-state index contributed by atoms with van der Waals surface area (Å²) in [4.78, 5) is 14.8. The van der Waals surface area contributed by atoms with Crippen molar-refractivity contribution < 1.29 is 17.7 Å². The van der Waals surface area contributed by atoms with Crippen LogP contribution in [0.4, 0.5) is 34.1 Å². The number of oxazole rings is 2. The number of benzene rings is 18. The second-order valence-corrected chi connectivity index (χ2v) is 28.8. The molecule has 0 saturated carbocycles. The van der Waals surface area contributed by atoms with Crippen LogP contribution in [0.1, 0.15) is 0 Å². The highest BCUT2D eigenvalue weighted by atomic mass is 16.4. The molecular weight excluding hydrogens is 1370 g/mol. The van der Waals surface area contributed by atoms with Gasteiger partial charge >= 0.3 is 0 Å². The van der Waals surface area contributed by atoms with Crippen molar-refractivity contribution in [2.45, 2.75) is 0 Å². The maximum Gasteiger partial charge on any atom is 0.227 e. The molecule has 22 aromatic rings. The summed E-state index contributed by atoms with van der Waals surface area (Å²) >= 11 is 0. The lowest BCUT2D eigenvalue weighted by Gasteiger charge is -2.28. The van der Waals surface area contributed by atoms with E-state index < -0.39 is 0 Å². The highest BCUT2D eigenvalue weighted by molar-refractivity contribution is 6.13. The molecule has 4 heterocycles. The van der Waals surface area contributed by atoms with Gasteiger partial charge in [0.15, 0.2) is 11.2 Å². The molecule has 22 rings (SSSR count). The van der Waals surface area contributed by atoms with Crippen LogP contribution in [0.2, 0.25) is 0 Å². The van der Waals surface area contributed by atoms with E-state index in [0.29, 0.717) is 22.9 Å². The molecule has 4 aromatic heterocycles. The Hall–Kier alpha value is -15.1. The van der Waals surface area contributed by atoms with Crippen molar-refractivity contribution in [2.75, 3.05) is 9.80 Å². The summed E-state index contributed by atoms with van der Waals surface area (Å²) in [5.74, 6) is 1.11. The number of hydrogen-bond acceptors (Lipinski definition) is 8. The average molecular weight is 1430 g/mol. The lowest BCUT2D eigenvalue weighted by atomic mass is 9.92. The molecule has 524 valence electrons. The SMILES string of the molecule is c1ccc(-c2nc3cc4c(cc3o2)oc2ccc(N(c3ccc(-c5ccc6ccc(-c7cccc(-c8nc9cc%10c(cc9o8)oc8ccc(N(c9ccc(-c%11ccc(-c%12ccccc%12)c%12ccccc%11%12)cc9)c9ccccc9-c9ccccc9)cc8%10)c7)cc6c5)cc3)c3ccc(-c5cccc6ccccc56)cc3)cc24)cc1. The minimum Gasteiger partial charge on any atom is -0.456 e. The van der Waals surface area contributed by atoms with Crippen LogP contribution in [0.5, 0.6) is 0 Å². The van der Waals surface area contributed by atoms with Crippen molar-refractivity contribution in [3.63, 3.8) is 0 Å². The second kappa shape index (κ2) is 26.4. The number of aromatic nitrogens is 2. The van der Waals surface area contributed by atoms with Gasteiger partial charge in [0.05, 0.1) is 5.69 Å². The fourth-order valence-corrected chi connectivity index (χ4v) is 16.6. The number of fused-ring (bicyclic) bond motifs is 11. The van der Waals surface area contributed by atoms with E-state index in [2.05, 4.69) is 356 Å². The smallest absolute Gasteiger partial charge is 0.227 e. The van der Waals surface area contributed by atoms with E-state index in [-0.39, 0.29) is 0 Å². The quantitative estimate of drug-likeness (QED) is 0.106. The molecule has 0 aliphatic rings. The molecule has 0 fully saturated rings. The summed E-state index contributed by atoms with van der Waals surface area (Å²) in [6, 6.07) is 138. The number of nitrogens with zero attached hydrogens (tertiary/aromatic N) is 4. The molecule has 0 radical (unpaired) electrons. The van der Waals surface area contributed by atoms with Crippen LogP contribution < -0.4 is 9.80 Å². The van der Waals surface area contributed by atoms with Gasteiger partial charge in [0.2, 0.25) is 11.8 Å². The first-order valence-corrected chi connectivity index (χ1v) is 37.8. The molecule has 0 saturated heterocycles. The van der Waals surface area contributed by atoms with Crippen molar-refractivity contribution in [1.29, 1.82) is 0 Å². The Morgan fingerprint density at radius 3 is 1.17 bits per heavy atom. The maximum atomic E-state index is 6.70. The average Bonchev–Trinajstić information content (AvgIpc) is 1.53. The van der Waals surface area contributed by atoms with Gasteiger partial charge in [-0.1, -0.05) is 249 Å². The zero-order valence-electron chi connectivity index (χ0n) is 60.4. The Labute approximate surface area is 643 Å². The lowest BCUT2D eigenvalue weighted by Crippen LogP contribution is -2.11. The first-order valence-electron chi connectivity index (χ1n) is 37.8. The maximum absolute atomic E-state index is 6.70. The van der Waals surface area contributed by atoms with Crippen LogP contribution in [-0.4, -0.2) is 9.97 Å². The molecule has 8 heteroatoms. The predicted octanol–water partition coefficient (Wildman–Crippen LogP) is 29.5. The molecule has 0 aliphatic heterocycles. The Morgan fingerprint density at radius 2 is 0.571 bits per heavy atom. The Bertz CT molecular complexity index is 7420. The highest BCUT2D eigenvalue weighted by Gasteiger charge is 2.24. The topological polar surface area (TPSA) is 84.8 Å². The third kappa shape index (κ3) is 11.2. The van der Waals surface area contributed by atoms with Crippen molar-refractivity contribution in [3.8, 4) is 89.7 Å². The van der Waals surface area contributed by atoms with Crippen LogP contribution in [0.3, 0.4) is 0 Å².